The molecule has 0 radical (unpaired) electrons. The van der Waals surface area contributed by atoms with Crippen molar-refractivity contribution in [2.24, 2.45) is 0 Å². The van der Waals surface area contributed by atoms with Gasteiger partial charge in [-0.1, -0.05) is 48.6 Å². The second-order valence-electron chi connectivity index (χ2n) is 7.38. The molecule has 200 valence electrons. The van der Waals surface area contributed by atoms with Crippen molar-refractivity contribution in [3.63, 3.8) is 0 Å². The van der Waals surface area contributed by atoms with Gasteiger partial charge in [0.05, 0.1) is 0 Å². The molecule has 2 aromatic carbocycles. The molecule has 2 aromatic heterocycles. The van der Waals surface area contributed by atoms with E-state index in [-0.39, 0.29) is 36.6 Å². The molecule has 6 rings (SSSR count). The van der Waals surface area contributed by atoms with Crippen LogP contribution in [0.3, 0.4) is 0 Å². The molecule has 0 fully saturated rings. The fraction of sp³-hybridized carbons (Fsp3) is 0.0625. The van der Waals surface area contributed by atoms with Crippen molar-refractivity contribution in [1.82, 2.24) is 9.13 Å². The maximum absolute atomic E-state index is 13.1. The number of halogens is 4. The minimum Gasteiger partial charge on any atom is -0.375 e. The molecule has 0 bridgehead atoms. The molecule has 0 saturated heterocycles. The van der Waals surface area contributed by atoms with Crippen LogP contribution in [0.1, 0.15) is 12.8 Å². The van der Waals surface area contributed by atoms with Gasteiger partial charge >= 0.3 is 21.7 Å². The number of aromatic nitrogens is 2. The van der Waals surface area contributed by atoms with Crippen LogP contribution < -0.4 is 0 Å². The number of allylic oxidation sites excluding steroid dienone is 8. The van der Waals surface area contributed by atoms with Gasteiger partial charge < -0.3 is 24.0 Å². The maximum Gasteiger partial charge on any atom is 4.00 e. The first-order valence-corrected chi connectivity index (χ1v) is 11.2. The predicted molar refractivity (Wildman–Crippen MR) is 148 cm³/mol. The second kappa shape index (κ2) is 19.5. The minimum atomic E-state index is -0.687. The molecular formula is C32H30F4N2Ti. The molecule has 0 spiro atoms. The minimum absolute atomic E-state index is 0. The van der Waals surface area contributed by atoms with E-state index < -0.39 is 23.3 Å². The van der Waals surface area contributed by atoms with Crippen molar-refractivity contribution in [3.05, 3.63) is 172 Å². The summed E-state index contributed by atoms with van der Waals surface area (Å²) >= 11 is 0. The van der Waals surface area contributed by atoms with E-state index in [9.17, 15) is 17.6 Å². The summed E-state index contributed by atoms with van der Waals surface area (Å²) in [5.41, 5.74) is 0.595. The Kier molecular flexibility index (Phi) is 17.7. The van der Waals surface area contributed by atoms with Crippen molar-refractivity contribution in [2.75, 3.05) is 0 Å². The molecule has 7 heteroatoms. The summed E-state index contributed by atoms with van der Waals surface area (Å²) in [6, 6.07) is 16.1. The third-order valence-electron chi connectivity index (χ3n) is 4.76. The van der Waals surface area contributed by atoms with Gasteiger partial charge in [0.25, 0.3) is 0 Å². The van der Waals surface area contributed by atoms with Gasteiger partial charge in [0.2, 0.25) is 0 Å². The van der Waals surface area contributed by atoms with Gasteiger partial charge in [-0.05, 0) is 73.3 Å². The van der Waals surface area contributed by atoms with Crippen LogP contribution in [0.15, 0.2) is 122 Å². The molecule has 0 saturated carbocycles. The van der Waals surface area contributed by atoms with Crippen LogP contribution in [0.4, 0.5) is 17.6 Å². The van der Waals surface area contributed by atoms with Gasteiger partial charge in [0.1, 0.15) is 0 Å². The van der Waals surface area contributed by atoms with Gasteiger partial charge in [-0.3, -0.25) is 0 Å². The quantitative estimate of drug-likeness (QED) is 0.130. The fourth-order valence-corrected chi connectivity index (χ4v) is 3.05. The van der Waals surface area contributed by atoms with E-state index in [1.165, 1.54) is 24.3 Å². The third kappa shape index (κ3) is 12.2. The zero-order valence-corrected chi connectivity index (χ0v) is 23.4. The van der Waals surface area contributed by atoms with E-state index in [0.717, 1.165) is 12.8 Å². The Morgan fingerprint density at radius 1 is 0.513 bits per heavy atom. The smallest absolute Gasteiger partial charge is 0.375 e. The van der Waals surface area contributed by atoms with E-state index in [1.54, 1.807) is 58.2 Å². The van der Waals surface area contributed by atoms with Gasteiger partial charge in [-0.25, -0.2) is 17.6 Å². The maximum atomic E-state index is 13.1. The monoisotopic (exact) mass is 566 g/mol. The first-order chi connectivity index (χ1) is 17.5. The van der Waals surface area contributed by atoms with Gasteiger partial charge in [0, 0.05) is 23.3 Å². The number of rotatable bonds is 2. The van der Waals surface area contributed by atoms with Crippen molar-refractivity contribution in [1.29, 1.82) is 0 Å². The van der Waals surface area contributed by atoms with E-state index in [1.807, 2.05) is 12.1 Å². The molecule has 2 heterocycles. The summed E-state index contributed by atoms with van der Waals surface area (Å²) in [7, 11) is 0. The summed E-state index contributed by atoms with van der Waals surface area (Å²) in [4.78, 5) is 0. The molecule has 2 nitrogen and oxygen atoms in total. The van der Waals surface area contributed by atoms with Crippen LogP contribution >= 0.6 is 0 Å². The zero-order chi connectivity index (χ0) is 25.6. The molecule has 4 aromatic rings. The van der Waals surface area contributed by atoms with E-state index >= 15 is 0 Å². The molecule has 39 heavy (non-hydrogen) atoms. The summed E-state index contributed by atoms with van der Waals surface area (Å²) in [5, 5.41) is 0. The van der Waals surface area contributed by atoms with Crippen molar-refractivity contribution >= 4 is 0 Å². The van der Waals surface area contributed by atoms with Crippen LogP contribution in [0.25, 0.3) is 11.4 Å². The van der Waals surface area contributed by atoms with E-state index in [0.29, 0.717) is 11.4 Å². The number of hydrogen-bond donors (Lipinski definition) is 0. The van der Waals surface area contributed by atoms with Crippen LogP contribution in [0.5, 0.6) is 0 Å². The Balaban J connectivity index is 0.000000521. The van der Waals surface area contributed by atoms with E-state index in [2.05, 4.69) is 48.6 Å². The predicted octanol–water partition coefficient (Wildman–Crippen LogP) is 9.01. The van der Waals surface area contributed by atoms with Crippen LogP contribution in [0.2, 0.25) is 0 Å². The van der Waals surface area contributed by atoms with E-state index in [4.69, 9.17) is 0 Å². The zero-order valence-electron chi connectivity index (χ0n) is 21.9. The first kappa shape index (κ1) is 35.4. The van der Waals surface area contributed by atoms with Crippen molar-refractivity contribution in [2.45, 2.75) is 12.8 Å². The number of benzene rings is 2. The summed E-state index contributed by atoms with van der Waals surface area (Å²) in [6.07, 6.45) is 25.7. The van der Waals surface area contributed by atoms with Crippen molar-refractivity contribution < 1.29 is 39.3 Å². The SMILES string of the molecule is C1=CCC=C1.C1=CCC=C1.Fc1[c-]c(F)c(-n2cccc2)cc1.Fc1[c-]c(F)c(-n2cccc2)cc1.[CH3-].[CH3-].[Ti+4]. The van der Waals surface area contributed by atoms with Gasteiger partial charge in [-0.15, -0.1) is 36.4 Å². The molecule has 2 aliphatic carbocycles. The largest absolute Gasteiger partial charge is 4.00 e. The van der Waals surface area contributed by atoms with Crippen LogP contribution in [-0.2, 0) is 21.7 Å². The molecule has 0 aliphatic heterocycles. The Morgan fingerprint density at radius 3 is 1.05 bits per heavy atom. The Morgan fingerprint density at radius 2 is 0.821 bits per heavy atom. The van der Waals surface area contributed by atoms with Gasteiger partial charge in [-0.2, -0.15) is 0 Å². The Hall–Kier alpha value is -3.61. The number of nitrogens with zero attached hydrogens (tertiary/aromatic N) is 2. The van der Waals surface area contributed by atoms with Crippen LogP contribution in [0, 0.1) is 50.3 Å². The molecule has 0 atom stereocenters. The normalized spacial score (nSPS) is 11.4. The molecule has 0 N–H and O–H groups in total. The average molecular weight is 566 g/mol. The summed E-state index contributed by atoms with van der Waals surface area (Å²) in [5.74, 6) is -2.74. The fourth-order valence-electron chi connectivity index (χ4n) is 3.05. The summed E-state index contributed by atoms with van der Waals surface area (Å²) in [6.45, 7) is 0. The second-order valence-corrected chi connectivity index (χ2v) is 7.38. The standard InChI is InChI=1S/2C10H6F2N.2C5H6.2CH3.Ti/c2*11-8-3-4-10(9(12)7-8)13-5-1-2-6-13;2*1-2-4-5-3-1;;;/h2*1-6H;2*1-4H,5H2;2*1H3;/q2*-1;;;2*-1;+4. The summed E-state index contributed by atoms with van der Waals surface area (Å²) < 4.78 is 54.3. The number of hydrogen-bond acceptors (Lipinski definition) is 0. The third-order valence-corrected chi connectivity index (χ3v) is 4.76. The molecular weight excluding hydrogens is 536 g/mol. The molecule has 0 unspecified atom stereocenters. The Labute approximate surface area is 244 Å². The van der Waals surface area contributed by atoms with Gasteiger partial charge in [0.15, 0.2) is 0 Å². The molecule has 2 aliphatic rings. The van der Waals surface area contributed by atoms with Crippen LogP contribution in [-0.4, -0.2) is 9.13 Å². The first-order valence-electron chi connectivity index (χ1n) is 11.2. The Bertz CT molecular complexity index is 1200. The van der Waals surface area contributed by atoms with Crippen molar-refractivity contribution in [3.8, 4) is 11.4 Å². The molecule has 0 amide bonds. The topological polar surface area (TPSA) is 9.86 Å². The average Bonchev–Trinajstić information content (AvgIpc) is 3.69.